The van der Waals surface area contributed by atoms with Crippen LogP contribution in [0, 0.1) is 17.8 Å². The van der Waals surface area contributed by atoms with E-state index in [9.17, 15) is 14.4 Å². The molecule has 2 bridgehead atoms. The zero-order chi connectivity index (χ0) is 21.3. The minimum atomic E-state index is -0.528. The Morgan fingerprint density at radius 3 is 2.55 bits per heavy atom. The third kappa shape index (κ3) is 3.67. The van der Waals surface area contributed by atoms with Crippen LogP contribution in [0.5, 0.6) is 0 Å². The molecular weight excluding hydrogens is 390 g/mol. The van der Waals surface area contributed by atoms with Gasteiger partial charge in [0.15, 0.2) is 0 Å². The van der Waals surface area contributed by atoms with E-state index in [1.807, 2.05) is 13.8 Å². The number of nitrogens with zero attached hydrogens (tertiary/aromatic N) is 1. The van der Waals surface area contributed by atoms with Crippen LogP contribution in [0.3, 0.4) is 0 Å². The lowest BCUT2D eigenvalue weighted by molar-refractivity contribution is -0.140. The maximum absolute atomic E-state index is 13.6. The highest BCUT2D eigenvalue weighted by Crippen LogP contribution is 2.68. The maximum Gasteiger partial charge on any atom is 0.244 e. The molecule has 0 aromatic rings. The molecule has 29 heavy (non-hydrogen) atoms. The predicted molar refractivity (Wildman–Crippen MR) is 113 cm³/mol. The van der Waals surface area contributed by atoms with Gasteiger partial charge in [0.05, 0.1) is 16.6 Å². The van der Waals surface area contributed by atoms with E-state index in [-0.39, 0.29) is 47.5 Å². The summed E-state index contributed by atoms with van der Waals surface area (Å²) >= 11 is 1.71. The number of hydrogen-bond acceptors (Lipinski definition) is 5. The van der Waals surface area contributed by atoms with Crippen molar-refractivity contribution in [1.29, 1.82) is 0 Å². The van der Waals surface area contributed by atoms with Crippen LogP contribution < -0.4 is 10.6 Å². The van der Waals surface area contributed by atoms with Gasteiger partial charge in [-0.15, -0.1) is 11.8 Å². The van der Waals surface area contributed by atoms with Crippen LogP contribution in [0.2, 0.25) is 0 Å². The molecule has 3 aliphatic rings. The summed E-state index contributed by atoms with van der Waals surface area (Å²) < 4.78 is -0.525. The molecule has 3 unspecified atom stereocenters. The third-order valence-corrected chi connectivity index (χ3v) is 8.86. The van der Waals surface area contributed by atoms with E-state index in [0.717, 1.165) is 32.1 Å². The lowest BCUT2D eigenvalue weighted by Crippen LogP contribution is -2.57. The van der Waals surface area contributed by atoms with Crippen molar-refractivity contribution in [3.05, 3.63) is 0 Å². The number of unbranched alkanes of at least 4 members (excludes halogenated alkanes) is 3. The second-order valence-electron chi connectivity index (χ2n) is 9.00. The highest BCUT2D eigenvalue weighted by atomic mass is 32.2. The van der Waals surface area contributed by atoms with Gasteiger partial charge in [0.2, 0.25) is 17.7 Å². The molecule has 3 heterocycles. The summed E-state index contributed by atoms with van der Waals surface area (Å²) in [4.78, 5) is 41.3. The van der Waals surface area contributed by atoms with Gasteiger partial charge >= 0.3 is 0 Å². The first-order chi connectivity index (χ1) is 13.8. The number of nitrogens with one attached hydrogen (secondary N) is 2. The van der Waals surface area contributed by atoms with Crippen molar-refractivity contribution in [3.8, 4) is 0 Å². The minimum absolute atomic E-state index is 0.00639. The highest BCUT2D eigenvalue weighted by molar-refractivity contribution is 8.02. The van der Waals surface area contributed by atoms with Crippen molar-refractivity contribution in [1.82, 2.24) is 15.5 Å². The second-order valence-corrected chi connectivity index (χ2v) is 10.5. The zero-order valence-corrected chi connectivity index (χ0v) is 18.8. The Balaban J connectivity index is 1.91. The summed E-state index contributed by atoms with van der Waals surface area (Å²) in [5.41, 5.74) is 0. The van der Waals surface area contributed by atoms with E-state index in [4.69, 9.17) is 5.11 Å². The third-order valence-electron chi connectivity index (χ3n) is 6.78. The van der Waals surface area contributed by atoms with Gasteiger partial charge in [0.1, 0.15) is 6.04 Å². The Bertz CT molecular complexity index is 658. The molecule has 3 aliphatic heterocycles. The predicted octanol–water partition coefficient (Wildman–Crippen LogP) is 1.15. The van der Waals surface area contributed by atoms with Crippen LogP contribution >= 0.6 is 11.8 Å². The average Bonchev–Trinajstić information content (AvgIpc) is 3.24. The van der Waals surface area contributed by atoms with Crippen LogP contribution in [0.15, 0.2) is 0 Å². The van der Waals surface area contributed by atoms with Gasteiger partial charge in [-0.25, -0.2) is 0 Å². The first kappa shape index (κ1) is 22.4. The summed E-state index contributed by atoms with van der Waals surface area (Å²) in [6, 6.07) is -0.534. The molecule has 3 amide bonds. The van der Waals surface area contributed by atoms with Crippen LogP contribution in [-0.4, -0.2) is 70.0 Å². The van der Waals surface area contributed by atoms with Gasteiger partial charge in [-0.1, -0.05) is 19.8 Å². The Morgan fingerprint density at radius 1 is 1.24 bits per heavy atom. The van der Waals surface area contributed by atoms with Crippen LogP contribution in [0.4, 0.5) is 0 Å². The van der Waals surface area contributed by atoms with E-state index in [1.165, 1.54) is 0 Å². The standard InChI is InChI=1S/C21H35N3O4S/c1-12(2)23-19(27)17-21-13(3)11-14(29-21)15(18(26)22-4)16(21)20(28)24(17)9-7-5-6-8-10-25/h12-17,25H,5-11H2,1-4H3,(H,22,26)(H,23,27)/t13?,14-,15+,16-,17?,21?/m0/s1. The van der Waals surface area contributed by atoms with E-state index in [1.54, 1.807) is 23.7 Å². The molecule has 6 atom stereocenters. The Morgan fingerprint density at radius 2 is 1.93 bits per heavy atom. The number of rotatable bonds is 9. The number of aliphatic hydroxyl groups is 1. The molecule has 8 heteroatoms. The molecule has 0 saturated carbocycles. The summed E-state index contributed by atoms with van der Waals surface area (Å²) in [5, 5.41) is 14.9. The topological polar surface area (TPSA) is 98.7 Å². The van der Waals surface area contributed by atoms with Gasteiger partial charge in [-0.05, 0) is 39.0 Å². The lowest BCUT2D eigenvalue weighted by atomic mass is 9.66. The van der Waals surface area contributed by atoms with Crippen LogP contribution in [0.1, 0.15) is 52.9 Å². The fourth-order valence-electron chi connectivity index (χ4n) is 5.64. The van der Waals surface area contributed by atoms with Gasteiger partial charge in [0, 0.05) is 31.5 Å². The van der Waals surface area contributed by atoms with Crippen LogP contribution in [-0.2, 0) is 14.4 Å². The van der Waals surface area contributed by atoms with E-state index in [0.29, 0.717) is 6.54 Å². The maximum atomic E-state index is 13.6. The molecule has 0 aliphatic carbocycles. The number of thioether (sulfide) groups is 1. The van der Waals surface area contributed by atoms with Gasteiger partial charge < -0.3 is 20.6 Å². The molecule has 0 radical (unpaired) electrons. The number of fused-ring (bicyclic) bond motifs is 1. The fraction of sp³-hybridized carbons (Fsp3) is 0.857. The summed E-state index contributed by atoms with van der Waals surface area (Å²) in [6.45, 7) is 6.69. The summed E-state index contributed by atoms with van der Waals surface area (Å²) in [5.74, 6) is -0.795. The molecule has 7 nitrogen and oxygen atoms in total. The fourth-order valence-corrected chi connectivity index (χ4v) is 8.06. The molecule has 0 aromatic carbocycles. The van der Waals surface area contributed by atoms with Crippen molar-refractivity contribution < 1.29 is 19.5 Å². The number of carbonyl (C=O) groups excluding carboxylic acids is 3. The first-order valence-electron chi connectivity index (χ1n) is 10.9. The van der Waals surface area contributed by atoms with E-state index < -0.39 is 16.7 Å². The molecular formula is C21H35N3O4S. The molecule has 0 aromatic heterocycles. The zero-order valence-electron chi connectivity index (χ0n) is 17.9. The molecule has 164 valence electrons. The molecule has 3 saturated heterocycles. The Kier molecular flexibility index (Phi) is 6.83. The van der Waals surface area contributed by atoms with Gasteiger partial charge in [-0.3, -0.25) is 14.4 Å². The quantitative estimate of drug-likeness (QED) is 0.481. The van der Waals surface area contributed by atoms with Crippen molar-refractivity contribution in [2.75, 3.05) is 20.2 Å². The van der Waals surface area contributed by atoms with E-state index >= 15 is 0 Å². The number of aliphatic hydroxyl groups excluding tert-OH is 1. The van der Waals surface area contributed by atoms with Crippen LogP contribution in [0.25, 0.3) is 0 Å². The van der Waals surface area contributed by atoms with Crippen molar-refractivity contribution in [2.24, 2.45) is 17.8 Å². The molecule has 1 spiro atoms. The molecule has 3 N–H and O–H groups in total. The second kappa shape index (κ2) is 8.84. The SMILES string of the molecule is CNC(=O)[C@@H]1[C@@H]2CC(C)C3(S2)C(C(=O)NC(C)C)N(CCCCCCO)C(=O)[C@H]13. The van der Waals surface area contributed by atoms with Gasteiger partial charge in [-0.2, -0.15) is 0 Å². The smallest absolute Gasteiger partial charge is 0.244 e. The first-order valence-corrected chi connectivity index (χ1v) is 11.8. The summed E-state index contributed by atoms with van der Waals surface area (Å²) in [6.07, 6.45) is 4.23. The Labute approximate surface area is 177 Å². The Hall–Kier alpha value is -1.28. The minimum Gasteiger partial charge on any atom is -0.396 e. The van der Waals surface area contributed by atoms with Gasteiger partial charge in [0.25, 0.3) is 0 Å². The largest absolute Gasteiger partial charge is 0.396 e. The number of amides is 3. The molecule has 3 fully saturated rings. The average molecular weight is 426 g/mol. The van der Waals surface area contributed by atoms with Crippen molar-refractivity contribution in [2.45, 2.75) is 75.0 Å². The normalized spacial score (nSPS) is 35.3. The monoisotopic (exact) mass is 425 g/mol. The number of carbonyl (C=O) groups is 3. The van der Waals surface area contributed by atoms with Crippen molar-refractivity contribution >= 4 is 29.5 Å². The highest BCUT2D eigenvalue weighted by Gasteiger charge is 2.75. The lowest BCUT2D eigenvalue weighted by Gasteiger charge is -2.38. The summed E-state index contributed by atoms with van der Waals surface area (Å²) in [7, 11) is 1.62. The number of likely N-dealkylation sites (tertiary alicyclic amines) is 1. The molecule has 3 rings (SSSR count). The number of hydrogen-bond donors (Lipinski definition) is 3. The van der Waals surface area contributed by atoms with Crippen molar-refractivity contribution in [3.63, 3.8) is 0 Å². The van der Waals surface area contributed by atoms with E-state index in [2.05, 4.69) is 17.6 Å².